The molecule has 0 aliphatic rings. The van der Waals surface area contributed by atoms with Crippen LogP contribution in [0.5, 0.6) is 11.5 Å². The zero-order chi connectivity index (χ0) is 19.4. The number of rotatable bonds is 6. The Kier molecular flexibility index (Phi) is 5.45. The van der Waals surface area contributed by atoms with Crippen LogP contribution < -0.4 is 14.8 Å². The number of amides is 1. The quantitative estimate of drug-likeness (QED) is 0.727. The first-order valence-corrected chi connectivity index (χ1v) is 8.66. The lowest BCUT2D eigenvalue weighted by Gasteiger charge is -2.11. The molecule has 0 bridgehead atoms. The maximum Gasteiger partial charge on any atom is 0.255 e. The second-order valence-corrected chi connectivity index (χ2v) is 6.15. The van der Waals surface area contributed by atoms with Crippen molar-refractivity contribution in [2.24, 2.45) is 0 Å². The molecule has 1 aromatic heterocycles. The third-order valence-electron chi connectivity index (χ3n) is 4.52. The summed E-state index contributed by atoms with van der Waals surface area (Å²) in [5.41, 5.74) is 4.30. The van der Waals surface area contributed by atoms with Crippen molar-refractivity contribution in [3.63, 3.8) is 0 Å². The Labute approximate surface area is 158 Å². The predicted octanol–water partition coefficient (Wildman–Crippen LogP) is 3.44. The first-order valence-electron chi connectivity index (χ1n) is 8.66. The number of carbonyl (C=O) groups is 1. The molecular formula is C21H23N3O3. The van der Waals surface area contributed by atoms with Crippen LogP contribution in [0.1, 0.15) is 27.3 Å². The molecule has 1 heterocycles. The minimum absolute atomic E-state index is 0.225. The Bertz CT molecular complexity index is 949. The molecule has 140 valence electrons. The molecule has 0 saturated heterocycles. The number of carbonyl (C=O) groups excluding carboxylic acids is 1. The molecule has 3 rings (SSSR count). The van der Waals surface area contributed by atoms with Crippen molar-refractivity contribution >= 4 is 5.91 Å². The van der Waals surface area contributed by atoms with Crippen molar-refractivity contribution in [1.82, 2.24) is 15.1 Å². The van der Waals surface area contributed by atoms with E-state index in [9.17, 15) is 4.79 Å². The van der Waals surface area contributed by atoms with Gasteiger partial charge in [0.25, 0.3) is 5.91 Å². The second-order valence-electron chi connectivity index (χ2n) is 6.15. The number of benzene rings is 2. The molecule has 1 amide bonds. The molecule has 0 fully saturated rings. The molecule has 6 heteroatoms. The van der Waals surface area contributed by atoms with Gasteiger partial charge in [-0.25, -0.2) is 4.68 Å². The number of aromatic nitrogens is 2. The molecule has 6 nitrogen and oxygen atoms in total. The van der Waals surface area contributed by atoms with Gasteiger partial charge in [-0.15, -0.1) is 0 Å². The van der Waals surface area contributed by atoms with Crippen LogP contribution in [0.2, 0.25) is 0 Å². The number of nitrogens with zero attached hydrogens (tertiary/aromatic N) is 2. The van der Waals surface area contributed by atoms with Gasteiger partial charge in [0, 0.05) is 17.8 Å². The van der Waals surface area contributed by atoms with Crippen LogP contribution in [-0.2, 0) is 6.54 Å². The average molecular weight is 365 g/mol. The van der Waals surface area contributed by atoms with Crippen LogP contribution >= 0.6 is 0 Å². The van der Waals surface area contributed by atoms with Gasteiger partial charge in [0.05, 0.1) is 31.2 Å². The van der Waals surface area contributed by atoms with E-state index < -0.39 is 0 Å². The second kappa shape index (κ2) is 7.95. The smallest absolute Gasteiger partial charge is 0.255 e. The third kappa shape index (κ3) is 3.79. The van der Waals surface area contributed by atoms with Crippen molar-refractivity contribution in [1.29, 1.82) is 0 Å². The van der Waals surface area contributed by atoms with E-state index >= 15 is 0 Å². The number of aryl methyl sites for hydroxylation is 1. The number of hydrogen-bond acceptors (Lipinski definition) is 4. The number of hydrogen-bond donors (Lipinski definition) is 1. The van der Waals surface area contributed by atoms with Crippen LogP contribution in [0.4, 0.5) is 0 Å². The Balaban J connectivity index is 1.82. The number of ether oxygens (including phenoxy) is 2. The van der Waals surface area contributed by atoms with Gasteiger partial charge >= 0.3 is 0 Å². The number of methoxy groups -OCH3 is 2. The highest BCUT2D eigenvalue weighted by molar-refractivity contribution is 5.97. The molecule has 0 aliphatic carbocycles. The fourth-order valence-corrected chi connectivity index (χ4v) is 3.01. The zero-order valence-corrected chi connectivity index (χ0v) is 15.9. The maximum absolute atomic E-state index is 12.7. The van der Waals surface area contributed by atoms with Crippen LogP contribution in [0.3, 0.4) is 0 Å². The topological polar surface area (TPSA) is 65.4 Å². The van der Waals surface area contributed by atoms with E-state index in [-0.39, 0.29) is 5.91 Å². The number of para-hydroxylation sites is 1. The molecule has 0 aliphatic heterocycles. The maximum atomic E-state index is 12.7. The van der Waals surface area contributed by atoms with E-state index in [0.717, 1.165) is 22.6 Å². The summed E-state index contributed by atoms with van der Waals surface area (Å²) in [6.45, 7) is 4.32. The lowest BCUT2D eigenvalue weighted by Crippen LogP contribution is -2.24. The van der Waals surface area contributed by atoms with E-state index in [0.29, 0.717) is 23.6 Å². The molecule has 0 atom stereocenters. The van der Waals surface area contributed by atoms with Crippen LogP contribution in [-0.4, -0.2) is 29.9 Å². The molecule has 3 aromatic rings. The van der Waals surface area contributed by atoms with E-state index in [1.807, 2.05) is 48.9 Å². The van der Waals surface area contributed by atoms with E-state index in [1.54, 1.807) is 25.3 Å². The summed E-state index contributed by atoms with van der Waals surface area (Å²) in [7, 11) is 3.10. The Morgan fingerprint density at radius 1 is 1.07 bits per heavy atom. The Morgan fingerprint density at radius 2 is 1.81 bits per heavy atom. The van der Waals surface area contributed by atoms with Crippen LogP contribution in [0.25, 0.3) is 5.69 Å². The van der Waals surface area contributed by atoms with Gasteiger partial charge in [-0.05, 0) is 44.2 Å². The lowest BCUT2D eigenvalue weighted by molar-refractivity contribution is 0.0947. The van der Waals surface area contributed by atoms with Gasteiger partial charge in [0.1, 0.15) is 11.5 Å². The highest BCUT2D eigenvalue weighted by Gasteiger charge is 2.17. The van der Waals surface area contributed by atoms with Crippen molar-refractivity contribution in [3.8, 4) is 17.2 Å². The van der Waals surface area contributed by atoms with E-state index in [1.165, 1.54) is 7.11 Å². The summed E-state index contributed by atoms with van der Waals surface area (Å²) in [6.07, 6.45) is 0. The van der Waals surface area contributed by atoms with Crippen LogP contribution in [0.15, 0.2) is 48.5 Å². The zero-order valence-electron chi connectivity index (χ0n) is 15.9. The van der Waals surface area contributed by atoms with Gasteiger partial charge in [-0.1, -0.05) is 18.2 Å². The van der Waals surface area contributed by atoms with Crippen molar-refractivity contribution in [2.45, 2.75) is 20.4 Å². The van der Waals surface area contributed by atoms with Gasteiger partial charge in [0.2, 0.25) is 0 Å². The standard InChI is InChI=1S/C21H23N3O3/c1-14-19(15(2)24(23-14)16-8-6-5-7-9-16)13-22-21(25)18-12-17(26-3)10-11-20(18)27-4/h5-12H,13H2,1-4H3,(H,22,25). The number of nitrogens with one attached hydrogen (secondary N) is 1. The molecule has 1 N–H and O–H groups in total. The fraction of sp³-hybridized carbons (Fsp3) is 0.238. The summed E-state index contributed by atoms with van der Waals surface area (Å²) in [5, 5.41) is 7.57. The average Bonchev–Trinajstić information content (AvgIpc) is 2.99. The summed E-state index contributed by atoms with van der Waals surface area (Å²) < 4.78 is 12.4. The van der Waals surface area contributed by atoms with Crippen LogP contribution in [0, 0.1) is 13.8 Å². The Hall–Kier alpha value is -3.28. The summed E-state index contributed by atoms with van der Waals surface area (Å²) in [5.74, 6) is 0.879. The van der Waals surface area contributed by atoms with Crippen molar-refractivity contribution in [3.05, 3.63) is 71.0 Å². The highest BCUT2D eigenvalue weighted by atomic mass is 16.5. The van der Waals surface area contributed by atoms with E-state index in [2.05, 4.69) is 10.4 Å². The summed E-state index contributed by atoms with van der Waals surface area (Å²) >= 11 is 0. The molecule has 0 radical (unpaired) electrons. The molecular weight excluding hydrogens is 342 g/mol. The lowest BCUT2D eigenvalue weighted by atomic mass is 10.1. The van der Waals surface area contributed by atoms with Gasteiger partial charge in [-0.2, -0.15) is 5.10 Å². The first kappa shape index (κ1) is 18.5. The largest absolute Gasteiger partial charge is 0.497 e. The summed E-state index contributed by atoms with van der Waals surface area (Å²) in [6, 6.07) is 15.1. The molecule has 0 saturated carbocycles. The third-order valence-corrected chi connectivity index (χ3v) is 4.52. The first-order chi connectivity index (χ1) is 13.0. The molecule has 2 aromatic carbocycles. The van der Waals surface area contributed by atoms with Crippen molar-refractivity contribution < 1.29 is 14.3 Å². The van der Waals surface area contributed by atoms with Gasteiger partial charge in [0.15, 0.2) is 0 Å². The van der Waals surface area contributed by atoms with Gasteiger partial charge in [-0.3, -0.25) is 4.79 Å². The van der Waals surface area contributed by atoms with E-state index in [4.69, 9.17) is 9.47 Å². The summed E-state index contributed by atoms with van der Waals surface area (Å²) in [4.78, 5) is 12.7. The highest BCUT2D eigenvalue weighted by Crippen LogP contribution is 2.24. The fourth-order valence-electron chi connectivity index (χ4n) is 3.01. The normalized spacial score (nSPS) is 10.5. The SMILES string of the molecule is COc1ccc(OC)c(C(=O)NCc2c(C)nn(-c3ccccc3)c2C)c1. The van der Waals surface area contributed by atoms with Gasteiger partial charge < -0.3 is 14.8 Å². The predicted molar refractivity (Wildman–Crippen MR) is 104 cm³/mol. The molecule has 0 unspecified atom stereocenters. The minimum Gasteiger partial charge on any atom is -0.497 e. The minimum atomic E-state index is -0.225. The molecule has 0 spiro atoms. The molecule has 27 heavy (non-hydrogen) atoms. The monoisotopic (exact) mass is 365 g/mol. The Morgan fingerprint density at radius 3 is 2.48 bits per heavy atom. The van der Waals surface area contributed by atoms with Crippen molar-refractivity contribution in [2.75, 3.05) is 14.2 Å².